The number of fused-ring (bicyclic) bond motifs is 1. The Balaban J connectivity index is 0.00000320. The van der Waals surface area contributed by atoms with E-state index in [4.69, 9.17) is 26.1 Å². The minimum absolute atomic E-state index is 0. The Morgan fingerprint density at radius 3 is 2.47 bits per heavy atom. The zero-order chi connectivity index (χ0) is 21.0. The zero-order valence-electron chi connectivity index (χ0n) is 17.3. The van der Waals surface area contributed by atoms with E-state index in [1.165, 1.54) is 11.3 Å². The number of aromatic nitrogens is 1. The van der Waals surface area contributed by atoms with Gasteiger partial charge in [0.25, 0.3) is 5.91 Å². The molecule has 0 aliphatic heterocycles. The van der Waals surface area contributed by atoms with Gasteiger partial charge in [-0.3, -0.25) is 9.69 Å². The second kappa shape index (κ2) is 10.8. The molecule has 0 fully saturated rings. The summed E-state index contributed by atoms with van der Waals surface area (Å²) in [5.74, 6) is 0.937. The van der Waals surface area contributed by atoms with E-state index in [1.807, 2.05) is 50.2 Å². The third-order valence-corrected chi connectivity index (χ3v) is 5.95. The molecule has 0 saturated heterocycles. The molecule has 0 aliphatic rings. The molecule has 0 unspecified atom stereocenters. The van der Waals surface area contributed by atoms with Crippen molar-refractivity contribution in [3.05, 3.63) is 47.0 Å². The first kappa shape index (κ1) is 24.2. The van der Waals surface area contributed by atoms with Gasteiger partial charge in [-0.2, -0.15) is 0 Å². The van der Waals surface area contributed by atoms with E-state index in [-0.39, 0.29) is 24.9 Å². The Labute approximate surface area is 191 Å². The van der Waals surface area contributed by atoms with Crippen LogP contribution in [-0.4, -0.2) is 56.7 Å². The van der Waals surface area contributed by atoms with Gasteiger partial charge in [0, 0.05) is 13.1 Å². The van der Waals surface area contributed by atoms with Gasteiger partial charge < -0.3 is 14.4 Å². The fourth-order valence-electron chi connectivity index (χ4n) is 2.79. The van der Waals surface area contributed by atoms with Gasteiger partial charge in [0.1, 0.15) is 0 Å². The largest absolute Gasteiger partial charge is 0.493 e. The highest BCUT2D eigenvalue weighted by Crippen LogP contribution is 2.35. The minimum atomic E-state index is -0.175. The maximum atomic E-state index is 13.1. The lowest BCUT2D eigenvalue weighted by atomic mass is 10.2. The molecule has 0 radical (unpaired) electrons. The summed E-state index contributed by atoms with van der Waals surface area (Å²) in [5, 5.41) is 1.26. The van der Waals surface area contributed by atoms with Gasteiger partial charge in [-0.15, -0.1) is 12.4 Å². The van der Waals surface area contributed by atoms with E-state index < -0.39 is 0 Å². The number of ether oxygens (including phenoxy) is 2. The Hall–Kier alpha value is -2.06. The summed E-state index contributed by atoms with van der Waals surface area (Å²) < 4.78 is 11.9. The number of aryl methyl sites for hydroxylation is 1. The summed E-state index contributed by atoms with van der Waals surface area (Å²) >= 11 is 7.77. The molecule has 30 heavy (non-hydrogen) atoms. The summed E-state index contributed by atoms with van der Waals surface area (Å²) in [6, 6.07) is 11.1. The van der Waals surface area contributed by atoms with Crippen LogP contribution in [0.25, 0.3) is 10.2 Å². The lowest BCUT2D eigenvalue weighted by Gasteiger charge is -2.22. The monoisotopic (exact) mass is 469 g/mol. The number of amides is 1. The van der Waals surface area contributed by atoms with Crippen molar-refractivity contribution < 1.29 is 14.3 Å². The summed E-state index contributed by atoms with van der Waals surface area (Å²) in [7, 11) is 5.50. The fraction of sp³-hybridized carbons (Fsp3) is 0.333. The Morgan fingerprint density at radius 1 is 1.13 bits per heavy atom. The Bertz CT molecular complexity index is 971. The number of benzene rings is 2. The van der Waals surface area contributed by atoms with Crippen LogP contribution in [0.1, 0.15) is 5.56 Å². The number of nitrogens with zero attached hydrogens (tertiary/aromatic N) is 3. The molecule has 0 atom stereocenters. The van der Waals surface area contributed by atoms with Gasteiger partial charge in [0.05, 0.1) is 22.3 Å². The number of carbonyl (C=O) groups is 1. The molecule has 162 valence electrons. The summed E-state index contributed by atoms with van der Waals surface area (Å²) in [6.45, 7) is 3.07. The molecule has 0 bridgehead atoms. The van der Waals surface area contributed by atoms with Crippen LogP contribution in [0.15, 0.2) is 36.4 Å². The molecule has 1 amide bonds. The lowest BCUT2D eigenvalue weighted by molar-refractivity contribution is -0.120. The molecular formula is C21H25Cl2N3O3S. The topological polar surface area (TPSA) is 54.9 Å². The van der Waals surface area contributed by atoms with Gasteiger partial charge in [-0.1, -0.05) is 41.1 Å². The molecule has 3 aromatic rings. The minimum Gasteiger partial charge on any atom is -0.493 e. The van der Waals surface area contributed by atoms with Crippen LogP contribution >= 0.6 is 35.3 Å². The van der Waals surface area contributed by atoms with Crippen LogP contribution in [0.4, 0.5) is 5.13 Å². The van der Waals surface area contributed by atoms with E-state index in [0.29, 0.717) is 34.7 Å². The lowest BCUT2D eigenvalue weighted by Crippen LogP contribution is -2.39. The van der Waals surface area contributed by atoms with Gasteiger partial charge in [-0.25, -0.2) is 4.98 Å². The average Bonchev–Trinajstić information content (AvgIpc) is 3.16. The number of carbonyl (C=O) groups excluding carboxylic acids is 1. The normalized spacial score (nSPS) is 10.7. The molecule has 0 saturated carbocycles. The highest BCUT2D eigenvalue weighted by atomic mass is 35.5. The number of hydrogen-bond acceptors (Lipinski definition) is 6. The van der Waals surface area contributed by atoms with Crippen LogP contribution in [-0.2, 0) is 4.79 Å². The standard InChI is InChI=1S/C21H24ClN3O3S.ClH/c1-14-9-10-15(22)20-19(14)23-21(29-20)25(12-11-24(2)3)18(26)13-28-17-8-6-5-7-16(17)27-4;/h5-10H,11-13H2,1-4H3;1H. The summed E-state index contributed by atoms with van der Waals surface area (Å²) in [4.78, 5) is 21.4. The maximum absolute atomic E-state index is 13.1. The highest BCUT2D eigenvalue weighted by molar-refractivity contribution is 7.23. The number of halogens is 2. The zero-order valence-corrected chi connectivity index (χ0v) is 19.7. The van der Waals surface area contributed by atoms with E-state index in [1.54, 1.807) is 24.1 Å². The predicted octanol–water partition coefficient (Wildman–Crippen LogP) is 4.66. The maximum Gasteiger partial charge on any atom is 0.266 e. The first-order valence-electron chi connectivity index (χ1n) is 9.17. The Kier molecular flexibility index (Phi) is 8.73. The Morgan fingerprint density at radius 2 is 1.83 bits per heavy atom. The van der Waals surface area contributed by atoms with Crippen molar-refractivity contribution in [2.75, 3.05) is 45.8 Å². The number of likely N-dealkylation sites (N-methyl/N-ethyl adjacent to an activating group) is 1. The SMILES string of the molecule is COc1ccccc1OCC(=O)N(CCN(C)C)c1nc2c(C)ccc(Cl)c2s1.Cl. The van der Waals surface area contributed by atoms with E-state index in [2.05, 4.69) is 0 Å². The number of thiazole rings is 1. The van der Waals surface area contributed by atoms with Gasteiger partial charge in [-0.05, 0) is 44.8 Å². The number of rotatable bonds is 8. The molecule has 0 spiro atoms. The summed E-state index contributed by atoms with van der Waals surface area (Å²) in [6.07, 6.45) is 0. The van der Waals surface area contributed by atoms with Crippen LogP contribution in [0, 0.1) is 6.92 Å². The molecule has 0 N–H and O–H groups in total. The number of anilines is 1. The predicted molar refractivity (Wildman–Crippen MR) is 126 cm³/mol. The average molecular weight is 470 g/mol. The molecule has 9 heteroatoms. The van der Waals surface area contributed by atoms with Crippen LogP contribution in [0.2, 0.25) is 5.02 Å². The fourth-order valence-corrected chi connectivity index (χ4v) is 4.15. The van der Waals surface area contributed by atoms with Crippen LogP contribution < -0.4 is 14.4 Å². The molecule has 6 nitrogen and oxygen atoms in total. The first-order chi connectivity index (χ1) is 13.9. The molecule has 1 heterocycles. The summed E-state index contributed by atoms with van der Waals surface area (Å²) in [5.41, 5.74) is 1.85. The van der Waals surface area contributed by atoms with Crippen molar-refractivity contribution in [1.29, 1.82) is 0 Å². The van der Waals surface area contributed by atoms with E-state index in [9.17, 15) is 4.79 Å². The molecule has 0 aliphatic carbocycles. The smallest absolute Gasteiger partial charge is 0.266 e. The number of para-hydroxylation sites is 2. The van der Waals surface area contributed by atoms with Crippen molar-refractivity contribution in [1.82, 2.24) is 9.88 Å². The third-order valence-electron chi connectivity index (χ3n) is 4.41. The second-order valence-electron chi connectivity index (χ2n) is 6.83. The van der Waals surface area contributed by atoms with Gasteiger partial charge in [0.15, 0.2) is 23.2 Å². The van der Waals surface area contributed by atoms with Crippen LogP contribution in [0.3, 0.4) is 0 Å². The van der Waals surface area contributed by atoms with Crippen LogP contribution in [0.5, 0.6) is 11.5 Å². The van der Waals surface area contributed by atoms with Crippen molar-refractivity contribution >= 4 is 56.6 Å². The molecule has 3 rings (SSSR count). The van der Waals surface area contributed by atoms with Crippen molar-refractivity contribution in [3.8, 4) is 11.5 Å². The van der Waals surface area contributed by atoms with Crippen molar-refractivity contribution in [2.24, 2.45) is 0 Å². The van der Waals surface area contributed by atoms with E-state index in [0.717, 1.165) is 15.8 Å². The van der Waals surface area contributed by atoms with E-state index >= 15 is 0 Å². The third kappa shape index (κ3) is 5.55. The van der Waals surface area contributed by atoms with Gasteiger partial charge >= 0.3 is 0 Å². The number of methoxy groups -OCH3 is 1. The highest BCUT2D eigenvalue weighted by Gasteiger charge is 2.22. The second-order valence-corrected chi connectivity index (χ2v) is 8.21. The van der Waals surface area contributed by atoms with Crippen molar-refractivity contribution in [2.45, 2.75) is 6.92 Å². The first-order valence-corrected chi connectivity index (χ1v) is 10.4. The quantitative estimate of drug-likeness (QED) is 0.479. The van der Waals surface area contributed by atoms with Gasteiger partial charge in [0.2, 0.25) is 0 Å². The van der Waals surface area contributed by atoms with Crippen molar-refractivity contribution in [3.63, 3.8) is 0 Å². The molecular weight excluding hydrogens is 445 g/mol. The molecule has 1 aromatic heterocycles. The number of hydrogen-bond donors (Lipinski definition) is 0. The molecule has 2 aromatic carbocycles.